The highest BCUT2D eigenvalue weighted by atomic mass is 16.5. The van der Waals surface area contributed by atoms with Gasteiger partial charge in [-0.1, -0.05) is 43.3 Å². The average molecular weight is 512 g/mol. The van der Waals surface area contributed by atoms with Gasteiger partial charge >= 0.3 is 0 Å². The topological polar surface area (TPSA) is 71.3 Å². The summed E-state index contributed by atoms with van der Waals surface area (Å²) >= 11 is 0. The molecule has 2 unspecified atom stereocenters. The molecule has 5 heterocycles. The molecule has 7 rings (SSSR count). The van der Waals surface area contributed by atoms with E-state index in [9.17, 15) is 0 Å². The molecule has 3 fully saturated rings. The van der Waals surface area contributed by atoms with Crippen molar-refractivity contribution in [3.63, 3.8) is 0 Å². The molecular formula is C30H37N7O. The molecule has 2 aromatic carbocycles. The number of piperazine rings is 1. The first-order valence-corrected chi connectivity index (χ1v) is 14.2. The SMILES string of the molecule is CCc1cccc2cccc(Cn3cnc4c(OC5CCN(C)CC5)nc(N5CC6CCC(C5)N6)nc43)c12. The third-order valence-electron chi connectivity index (χ3n) is 8.66. The molecule has 0 spiro atoms. The molecule has 38 heavy (non-hydrogen) atoms. The predicted molar refractivity (Wildman–Crippen MR) is 151 cm³/mol. The zero-order valence-corrected chi connectivity index (χ0v) is 22.4. The van der Waals surface area contributed by atoms with E-state index in [1.54, 1.807) is 0 Å². The number of benzene rings is 2. The van der Waals surface area contributed by atoms with Crippen molar-refractivity contribution in [3.8, 4) is 5.88 Å². The van der Waals surface area contributed by atoms with Crippen LogP contribution in [-0.2, 0) is 13.0 Å². The van der Waals surface area contributed by atoms with Crippen LogP contribution < -0.4 is 15.0 Å². The lowest BCUT2D eigenvalue weighted by Crippen LogP contribution is -2.51. The number of aromatic nitrogens is 4. The second-order valence-corrected chi connectivity index (χ2v) is 11.3. The van der Waals surface area contributed by atoms with Crippen LogP contribution in [0.5, 0.6) is 5.88 Å². The Labute approximate surface area is 224 Å². The van der Waals surface area contributed by atoms with Crippen LogP contribution in [0.15, 0.2) is 42.7 Å². The van der Waals surface area contributed by atoms with Crippen LogP contribution in [0.3, 0.4) is 0 Å². The molecule has 2 aromatic heterocycles. The molecule has 2 bridgehead atoms. The fraction of sp³-hybridized carbons (Fsp3) is 0.500. The van der Waals surface area contributed by atoms with Crippen molar-refractivity contribution in [3.05, 3.63) is 53.9 Å². The first-order chi connectivity index (χ1) is 18.6. The average Bonchev–Trinajstić information content (AvgIpc) is 3.51. The first kappa shape index (κ1) is 23.9. The first-order valence-electron chi connectivity index (χ1n) is 14.2. The summed E-state index contributed by atoms with van der Waals surface area (Å²) in [7, 11) is 2.18. The highest BCUT2D eigenvalue weighted by molar-refractivity contribution is 5.89. The van der Waals surface area contributed by atoms with Crippen molar-refractivity contribution < 1.29 is 4.74 Å². The number of likely N-dealkylation sites (tertiary alicyclic amines) is 1. The van der Waals surface area contributed by atoms with Crippen molar-refractivity contribution in [2.45, 2.75) is 63.8 Å². The van der Waals surface area contributed by atoms with Crippen molar-refractivity contribution in [1.29, 1.82) is 0 Å². The van der Waals surface area contributed by atoms with Crippen LogP contribution in [-0.4, -0.2) is 75.8 Å². The van der Waals surface area contributed by atoms with Gasteiger partial charge in [0.2, 0.25) is 11.8 Å². The standard InChI is InChI=1S/C30H37N7O/c1-3-20-6-4-7-21-8-5-9-22(26(20)21)16-37-19-31-27-28(37)33-30(36-17-23-10-11-24(18-36)32-23)34-29(27)38-25-12-14-35(2)15-13-25/h4-9,19,23-25,32H,3,10-18H2,1-2H3. The minimum absolute atomic E-state index is 0.159. The zero-order chi connectivity index (χ0) is 25.6. The summed E-state index contributed by atoms with van der Waals surface area (Å²) in [4.78, 5) is 19.7. The fourth-order valence-corrected chi connectivity index (χ4v) is 6.58. The molecule has 0 saturated carbocycles. The van der Waals surface area contributed by atoms with E-state index in [2.05, 4.69) is 70.1 Å². The van der Waals surface area contributed by atoms with Gasteiger partial charge in [-0.15, -0.1) is 0 Å². The Bertz CT molecular complexity index is 1440. The number of ether oxygens (including phenoxy) is 1. The van der Waals surface area contributed by atoms with E-state index in [-0.39, 0.29) is 6.10 Å². The van der Waals surface area contributed by atoms with Crippen LogP contribution in [0.1, 0.15) is 43.7 Å². The normalized spacial score (nSPS) is 22.5. The van der Waals surface area contributed by atoms with Gasteiger partial charge in [-0.25, -0.2) is 4.98 Å². The van der Waals surface area contributed by atoms with Gasteiger partial charge in [0.25, 0.3) is 0 Å². The summed E-state index contributed by atoms with van der Waals surface area (Å²) in [6, 6.07) is 14.2. The van der Waals surface area contributed by atoms with E-state index >= 15 is 0 Å². The number of nitrogens with one attached hydrogen (secondary N) is 1. The number of fused-ring (bicyclic) bond motifs is 4. The Morgan fingerprint density at radius 1 is 0.947 bits per heavy atom. The summed E-state index contributed by atoms with van der Waals surface area (Å²) in [6.07, 6.45) is 7.54. The van der Waals surface area contributed by atoms with Gasteiger partial charge in [0.1, 0.15) is 6.10 Å². The number of hydrogen-bond acceptors (Lipinski definition) is 7. The fourth-order valence-electron chi connectivity index (χ4n) is 6.58. The Morgan fingerprint density at radius 2 is 1.68 bits per heavy atom. The molecule has 3 aliphatic heterocycles. The molecule has 0 aliphatic carbocycles. The van der Waals surface area contributed by atoms with Crippen LogP contribution in [0, 0.1) is 0 Å². The second kappa shape index (κ2) is 9.82. The summed E-state index contributed by atoms with van der Waals surface area (Å²) in [6.45, 7) is 6.90. The molecule has 2 atom stereocenters. The summed E-state index contributed by atoms with van der Waals surface area (Å²) in [5.41, 5.74) is 4.29. The van der Waals surface area contributed by atoms with E-state index < -0.39 is 0 Å². The molecular weight excluding hydrogens is 474 g/mol. The van der Waals surface area contributed by atoms with Crippen molar-refractivity contribution in [1.82, 2.24) is 29.7 Å². The highest BCUT2D eigenvalue weighted by Gasteiger charge is 2.34. The molecule has 8 nitrogen and oxygen atoms in total. The van der Waals surface area contributed by atoms with Crippen LogP contribution in [0.25, 0.3) is 21.9 Å². The van der Waals surface area contributed by atoms with Gasteiger partial charge in [0, 0.05) is 38.3 Å². The van der Waals surface area contributed by atoms with Gasteiger partial charge < -0.3 is 24.4 Å². The van der Waals surface area contributed by atoms with Gasteiger partial charge in [-0.2, -0.15) is 9.97 Å². The lowest BCUT2D eigenvalue weighted by molar-refractivity contribution is 0.111. The van der Waals surface area contributed by atoms with Gasteiger partial charge in [0.15, 0.2) is 11.2 Å². The Balaban J connectivity index is 1.29. The Morgan fingerprint density at radius 3 is 2.42 bits per heavy atom. The predicted octanol–water partition coefficient (Wildman–Crippen LogP) is 4.00. The molecule has 4 aromatic rings. The number of rotatable bonds is 6. The number of aryl methyl sites for hydroxylation is 1. The molecule has 8 heteroatoms. The Hall–Kier alpha value is -3.23. The largest absolute Gasteiger partial charge is 0.473 e. The van der Waals surface area contributed by atoms with Gasteiger partial charge in [0.05, 0.1) is 12.9 Å². The highest BCUT2D eigenvalue weighted by Crippen LogP contribution is 2.31. The number of hydrogen-bond donors (Lipinski definition) is 1. The van der Waals surface area contributed by atoms with E-state index in [0.29, 0.717) is 24.5 Å². The smallest absolute Gasteiger partial charge is 0.247 e. The van der Waals surface area contributed by atoms with E-state index in [4.69, 9.17) is 19.7 Å². The maximum atomic E-state index is 6.59. The third kappa shape index (κ3) is 4.39. The minimum atomic E-state index is 0.159. The molecule has 198 valence electrons. The van der Waals surface area contributed by atoms with Crippen molar-refractivity contribution in [2.24, 2.45) is 0 Å². The molecule has 1 N–H and O–H groups in total. The van der Waals surface area contributed by atoms with Crippen molar-refractivity contribution in [2.75, 3.05) is 38.1 Å². The zero-order valence-electron chi connectivity index (χ0n) is 22.4. The van der Waals surface area contributed by atoms with Crippen molar-refractivity contribution >= 4 is 27.9 Å². The lowest BCUT2D eigenvalue weighted by atomic mass is 9.98. The number of piperidine rings is 1. The molecule has 0 amide bonds. The molecule has 0 radical (unpaired) electrons. The lowest BCUT2D eigenvalue weighted by Gasteiger charge is -2.33. The van der Waals surface area contributed by atoms with E-state index in [0.717, 1.165) is 62.6 Å². The maximum absolute atomic E-state index is 6.59. The number of nitrogens with zero attached hydrogens (tertiary/aromatic N) is 6. The maximum Gasteiger partial charge on any atom is 0.247 e. The second-order valence-electron chi connectivity index (χ2n) is 11.3. The number of anilines is 1. The van der Waals surface area contributed by atoms with Crippen LogP contribution in [0.2, 0.25) is 0 Å². The summed E-state index contributed by atoms with van der Waals surface area (Å²) in [5, 5.41) is 6.35. The Kier molecular flexibility index (Phi) is 6.16. The van der Waals surface area contributed by atoms with Crippen LogP contribution >= 0.6 is 0 Å². The monoisotopic (exact) mass is 511 g/mol. The van der Waals surface area contributed by atoms with Gasteiger partial charge in [-0.3, -0.25) is 0 Å². The summed E-state index contributed by atoms with van der Waals surface area (Å²) < 4.78 is 8.77. The quantitative estimate of drug-likeness (QED) is 0.420. The third-order valence-corrected chi connectivity index (χ3v) is 8.66. The van der Waals surface area contributed by atoms with E-state index in [1.807, 2.05) is 6.33 Å². The number of imidazole rings is 1. The molecule has 3 saturated heterocycles. The minimum Gasteiger partial charge on any atom is -0.473 e. The summed E-state index contributed by atoms with van der Waals surface area (Å²) in [5.74, 6) is 1.41. The van der Waals surface area contributed by atoms with Crippen LogP contribution in [0.4, 0.5) is 5.95 Å². The molecule has 3 aliphatic rings. The van der Waals surface area contributed by atoms with E-state index in [1.165, 1.54) is 34.7 Å². The van der Waals surface area contributed by atoms with Gasteiger partial charge in [-0.05, 0) is 61.1 Å².